The van der Waals surface area contributed by atoms with Gasteiger partial charge in [-0.1, -0.05) is 31.7 Å². The minimum absolute atomic E-state index is 0.00786. The van der Waals surface area contributed by atoms with Crippen LogP contribution in [0.2, 0.25) is 0 Å². The lowest BCUT2D eigenvalue weighted by atomic mass is 9.91. The van der Waals surface area contributed by atoms with Gasteiger partial charge in [-0.05, 0) is 25.0 Å². The average Bonchev–Trinajstić information content (AvgIpc) is 2.62. The van der Waals surface area contributed by atoms with E-state index in [1.807, 2.05) is 0 Å². The second-order valence-electron chi connectivity index (χ2n) is 5.03. The van der Waals surface area contributed by atoms with E-state index >= 15 is 0 Å². The molecule has 0 spiro atoms. The molecular formula is C15H18F2O. The van der Waals surface area contributed by atoms with Crippen molar-refractivity contribution in [3.05, 3.63) is 35.4 Å². The topological polar surface area (TPSA) is 17.1 Å². The molecule has 0 bridgehead atoms. The van der Waals surface area contributed by atoms with E-state index in [4.69, 9.17) is 0 Å². The van der Waals surface area contributed by atoms with Gasteiger partial charge in [-0.3, -0.25) is 4.79 Å². The molecule has 0 atom stereocenters. The largest absolute Gasteiger partial charge is 0.299 e. The number of hydrogen-bond acceptors (Lipinski definition) is 1. The summed E-state index contributed by atoms with van der Waals surface area (Å²) in [7, 11) is 0. The Kier molecular flexibility index (Phi) is 4.45. The molecule has 1 saturated carbocycles. The fraction of sp³-hybridized carbons (Fsp3) is 0.533. The normalized spacial score (nSPS) is 17.4. The Morgan fingerprint density at radius 1 is 1.06 bits per heavy atom. The van der Waals surface area contributed by atoms with Crippen LogP contribution in [0, 0.1) is 17.6 Å². The van der Waals surface area contributed by atoms with Gasteiger partial charge < -0.3 is 0 Å². The predicted molar refractivity (Wildman–Crippen MR) is 66.3 cm³/mol. The maximum atomic E-state index is 13.5. The minimum Gasteiger partial charge on any atom is -0.299 e. The summed E-state index contributed by atoms with van der Waals surface area (Å²) in [5.74, 6) is -1.25. The number of benzene rings is 1. The molecule has 0 unspecified atom stereocenters. The zero-order valence-corrected chi connectivity index (χ0v) is 10.4. The van der Waals surface area contributed by atoms with Crippen molar-refractivity contribution in [2.75, 3.05) is 0 Å². The van der Waals surface area contributed by atoms with E-state index < -0.39 is 11.6 Å². The van der Waals surface area contributed by atoms with E-state index in [2.05, 4.69) is 0 Å². The molecule has 2 rings (SSSR count). The first kappa shape index (κ1) is 13.2. The molecule has 0 aromatic heterocycles. The van der Waals surface area contributed by atoms with Crippen molar-refractivity contribution in [2.45, 2.75) is 44.9 Å². The molecule has 3 heteroatoms. The lowest BCUT2D eigenvalue weighted by Gasteiger charge is -2.13. The van der Waals surface area contributed by atoms with Crippen LogP contribution in [0.25, 0.3) is 0 Å². The number of hydrogen-bond donors (Lipinski definition) is 0. The van der Waals surface area contributed by atoms with Crippen LogP contribution in [0.4, 0.5) is 8.78 Å². The molecule has 18 heavy (non-hydrogen) atoms. The molecule has 1 aliphatic rings. The minimum atomic E-state index is -0.614. The van der Waals surface area contributed by atoms with E-state index in [0.29, 0.717) is 0 Å². The highest BCUT2D eigenvalue weighted by molar-refractivity contribution is 5.83. The Bertz CT molecular complexity index is 400. The predicted octanol–water partition coefficient (Wildman–Crippen LogP) is 4.05. The van der Waals surface area contributed by atoms with Gasteiger partial charge in [0.05, 0.1) is 0 Å². The van der Waals surface area contributed by atoms with Gasteiger partial charge in [-0.25, -0.2) is 8.78 Å². The Morgan fingerprint density at radius 3 is 2.17 bits per heavy atom. The highest BCUT2D eigenvalue weighted by Gasteiger charge is 2.22. The molecule has 0 saturated heterocycles. The van der Waals surface area contributed by atoms with E-state index in [9.17, 15) is 13.6 Å². The van der Waals surface area contributed by atoms with Gasteiger partial charge in [0.2, 0.25) is 0 Å². The smallest absolute Gasteiger partial charge is 0.140 e. The molecule has 1 aromatic carbocycles. The summed E-state index contributed by atoms with van der Waals surface area (Å²) in [6.45, 7) is 0. The van der Waals surface area contributed by atoms with Crippen LogP contribution in [-0.4, -0.2) is 5.78 Å². The quantitative estimate of drug-likeness (QED) is 0.742. The SMILES string of the molecule is O=C(Cc1c(F)cccc1F)C1CCCCCC1. The third kappa shape index (κ3) is 3.15. The number of carbonyl (C=O) groups excluding carboxylic acids is 1. The first-order valence-corrected chi connectivity index (χ1v) is 6.64. The monoisotopic (exact) mass is 252 g/mol. The van der Waals surface area contributed by atoms with Gasteiger partial charge >= 0.3 is 0 Å². The summed E-state index contributed by atoms with van der Waals surface area (Å²) in [6.07, 6.45) is 6.06. The maximum absolute atomic E-state index is 13.5. The summed E-state index contributed by atoms with van der Waals surface area (Å²) >= 11 is 0. The van der Waals surface area contributed by atoms with Crippen LogP contribution in [0.1, 0.15) is 44.1 Å². The zero-order valence-electron chi connectivity index (χ0n) is 10.4. The Morgan fingerprint density at radius 2 is 1.61 bits per heavy atom. The molecule has 0 heterocycles. The van der Waals surface area contributed by atoms with Crippen molar-refractivity contribution in [3.63, 3.8) is 0 Å². The molecule has 0 amide bonds. The molecule has 0 radical (unpaired) electrons. The molecule has 98 valence electrons. The summed E-state index contributed by atoms with van der Waals surface area (Å²) in [6, 6.07) is 3.74. The third-order valence-corrected chi connectivity index (χ3v) is 3.72. The first-order valence-electron chi connectivity index (χ1n) is 6.64. The molecule has 1 fully saturated rings. The Hall–Kier alpha value is -1.25. The molecule has 1 aromatic rings. The second-order valence-corrected chi connectivity index (χ2v) is 5.03. The molecule has 1 nitrogen and oxygen atoms in total. The number of Topliss-reactive ketones (excluding diaryl/α,β-unsaturated/α-hetero) is 1. The van der Waals surface area contributed by atoms with Gasteiger partial charge in [-0.2, -0.15) is 0 Å². The van der Waals surface area contributed by atoms with Gasteiger partial charge in [0.1, 0.15) is 17.4 Å². The standard InChI is InChI=1S/C15H18F2O/c16-13-8-5-9-14(17)12(13)10-15(18)11-6-3-1-2-4-7-11/h5,8-9,11H,1-4,6-7,10H2. The first-order chi connectivity index (χ1) is 8.68. The molecule has 1 aliphatic carbocycles. The summed E-state index contributed by atoms with van der Waals surface area (Å²) in [5, 5.41) is 0. The molecular weight excluding hydrogens is 234 g/mol. The van der Waals surface area contributed by atoms with Crippen LogP contribution in [0.5, 0.6) is 0 Å². The zero-order chi connectivity index (χ0) is 13.0. The second kappa shape index (κ2) is 6.07. The van der Waals surface area contributed by atoms with Crippen LogP contribution in [0.3, 0.4) is 0 Å². The van der Waals surface area contributed by atoms with Crippen molar-refractivity contribution in [1.29, 1.82) is 0 Å². The Balaban J connectivity index is 2.06. The molecule has 0 N–H and O–H groups in total. The fourth-order valence-electron chi connectivity index (χ4n) is 2.62. The average molecular weight is 252 g/mol. The van der Waals surface area contributed by atoms with Crippen LogP contribution >= 0.6 is 0 Å². The van der Waals surface area contributed by atoms with E-state index in [0.717, 1.165) is 38.5 Å². The van der Waals surface area contributed by atoms with Gasteiger partial charge in [0.25, 0.3) is 0 Å². The fourth-order valence-corrected chi connectivity index (χ4v) is 2.62. The van der Waals surface area contributed by atoms with Gasteiger partial charge in [0.15, 0.2) is 0 Å². The van der Waals surface area contributed by atoms with E-state index in [1.54, 1.807) is 0 Å². The number of carbonyl (C=O) groups is 1. The summed E-state index contributed by atoms with van der Waals surface area (Å²) < 4.78 is 26.9. The summed E-state index contributed by atoms with van der Waals surface area (Å²) in [4.78, 5) is 12.1. The Labute approximate surface area is 106 Å². The van der Waals surface area contributed by atoms with Crippen LogP contribution in [-0.2, 0) is 11.2 Å². The van der Waals surface area contributed by atoms with Gasteiger partial charge in [-0.15, -0.1) is 0 Å². The molecule has 0 aliphatic heterocycles. The lowest BCUT2D eigenvalue weighted by Crippen LogP contribution is -2.17. The van der Waals surface area contributed by atoms with Crippen LogP contribution in [0.15, 0.2) is 18.2 Å². The van der Waals surface area contributed by atoms with Crippen molar-refractivity contribution in [3.8, 4) is 0 Å². The number of ketones is 1. The lowest BCUT2D eigenvalue weighted by molar-refractivity contribution is -0.122. The van der Waals surface area contributed by atoms with E-state index in [-0.39, 0.29) is 23.7 Å². The van der Waals surface area contributed by atoms with Gasteiger partial charge in [0, 0.05) is 17.9 Å². The number of rotatable bonds is 3. The van der Waals surface area contributed by atoms with Crippen molar-refractivity contribution in [2.24, 2.45) is 5.92 Å². The van der Waals surface area contributed by atoms with Crippen molar-refractivity contribution in [1.82, 2.24) is 0 Å². The van der Waals surface area contributed by atoms with Crippen molar-refractivity contribution < 1.29 is 13.6 Å². The van der Waals surface area contributed by atoms with E-state index in [1.165, 1.54) is 18.2 Å². The number of halogens is 2. The highest BCUT2D eigenvalue weighted by atomic mass is 19.1. The third-order valence-electron chi connectivity index (χ3n) is 3.72. The summed E-state index contributed by atoms with van der Waals surface area (Å²) in [5.41, 5.74) is -0.0771. The van der Waals surface area contributed by atoms with Crippen molar-refractivity contribution >= 4 is 5.78 Å². The maximum Gasteiger partial charge on any atom is 0.140 e. The van der Waals surface area contributed by atoms with Crippen LogP contribution < -0.4 is 0 Å². The highest BCUT2D eigenvalue weighted by Crippen LogP contribution is 2.25.